The van der Waals surface area contributed by atoms with Gasteiger partial charge in [0.1, 0.15) is 0 Å². The van der Waals surface area contributed by atoms with Gasteiger partial charge in [0.15, 0.2) is 0 Å². The number of benzene rings is 3. The molecule has 8 heteroatoms. The topological polar surface area (TPSA) is 70.2 Å². The van der Waals surface area contributed by atoms with Crippen LogP contribution in [0.5, 0.6) is 0 Å². The molecule has 5 nitrogen and oxygen atoms in total. The number of para-hydroxylation sites is 1. The number of halogens is 3. The maximum Gasteiger partial charge on any atom is 0.416 e. The van der Waals surface area contributed by atoms with Crippen LogP contribution in [0, 0.1) is 11.3 Å². The molecule has 0 saturated carbocycles. The van der Waals surface area contributed by atoms with Crippen molar-refractivity contribution in [1.82, 2.24) is 9.99 Å². The predicted octanol–water partition coefficient (Wildman–Crippen LogP) is 5.34. The van der Waals surface area contributed by atoms with Crippen molar-refractivity contribution >= 4 is 23.0 Å². The van der Waals surface area contributed by atoms with Crippen molar-refractivity contribution in [2.24, 2.45) is 5.10 Å². The predicted molar refractivity (Wildman–Crippen MR) is 119 cm³/mol. The van der Waals surface area contributed by atoms with Gasteiger partial charge in [-0.15, -0.1) is 0 Å². The van der Waals surface area contributed by atoms with Crippen LogP contribution in [0.1, 0.15) is 32.6 Å². The number of rotatable bonds is 5. The van der Waals surface area contributed by atoms with E-state index in [2.05, 4.69) is 16.6 Å². The summed E-state index contributed by atoms with van der Waals surface area (Å²) in [4.78, 5) is 12.3. The van der Waals surface area contributed by atoms with Crippen molar-refractivity contribution in [3.63, 3.8) is 0 Å². The SMILES string of the molecule is N#Cc1ccccc1Cn1cc(/C=N\NC(=O)c2cccc(C(F)(F)F)c2)c2ccccc21. The summed E-state index contributed by atoms with van der Waals surface area (Å²) in [6, 6.07) is 21.3. The van der Waals surface area contributed by atoms with Gasteiger partial charge in [0.05, 0.1) is 23.4 Å². The highest BCUT2D eigenvalue weighted by molar-refractivity contribution is 6.00. The van der Waals surface area contributed by atoms with E-state index in [1.807, 2.05) is 47.2 Å². The van der Waals surface area contributed by atoms with Gasteiger partial charge < -0.3 is 4.57 Å². The van der Waals surface area contributed by atoms with E-state index in [0.717, 1.165) is 28.6 Å². The number of nitrogens with zero attached hydrogens (tertiary/aromatic N) is 3. The van der Waals surface area contributed by atoms with Crippen LogP contribution in [0.4, 0.5) is 13.2 Å². The second-order valence-electron chi connectivity index (χ2n) is 7.28. The quantitative estimate of drug-likeness (QED) is 0.332. The fourth-order valence-electron chi connectivity index (χ4n) is 3.52. The summed E-state index contributed by atoms with van der Waals surface area (Å²) >= 11 is 0. The van der Waals surface area contributed by atoms with Gasteiger partial charge in [0.2, 0.25) is 0 Å². The molecule has 0 saturated heterocycles. The number of carbonyl (C=O) groups is 1. The molecule has 33 heavy (non-hydrogen) atoms. The molecule has 0 aliphatic carbocycles. The number of nitrogens with one attached hydrogen (secondary N) is 1. The lowest BCUT2D eigenvalue weighted by molar-refractivity contribution is -0.137. The van der Waals surface area contributed by atoms with Gasteiger partial charge in [-0.05, 0) is 35.9 Å². The number of hydrogen-bond donors (Lipinski definition) is 1. The number of hydrogen-bond acceptors (Lipinski definition) is 3. The number of amides is 1. The fraction of sp³-hybridized carbons (Fsp3) is 0.0800. The molecule has 0 radical (unpaired) electrons. The minimum Gasteiger partial charge on any atom is -0.342 e. The molecule has 1 heterocycles. The zero-order valence-corrected chi connectivity index (χ0v) is 17.2. The van der Waals surface area contributed by atoms with Crippen LogP contribution in [-0.4, -0.2) is 16.7 Å². The average molecular weight is 446 g/mol. The van der Waals surface area contributed by atoms with Gasteiger partial charge in [-0.2, -0.15) is 23.5 Å². The normalized spacial score (nSPS) is 11.6. The average Bonchev–Trinajstić information content (AvgIpc) is 3.16. The van der Waals surface area contributed by atoms with Crippen LogP contribution < -0.4 is 5.43 Å². The molecule has 0 unspecified atom stereocenters. The van der Waals surface area contributed by atoms with Crippen molar-refractivity contribution < 1.29 is 18.0 Å². The lowest BCUT2D eigenvalue weighted by Gasteiger charge is -2.07. The monoisotopic (exact) mass is 446 g/mol. The molecular weight excluding hydrogens is 429 g/mol. The Hall–Kier alpha value is -4.38. The Morgan fingerprint density at radius 2 is 1.82 bits per heavy atom. The molecule has 0 fully saturated rings. The van der Waals surface area contributed by atoms with Crippen LogP contribution in [-0.2, 0) is 12.7 Å². The maximum absolute atomic E-state index is 12.9. The van der Waals surface area contributed by atoms with Crippen molar-refractivity contribution in [3.8, 4) is 6.07 Å². The van der Waals surface area contributed by atoms with E-state index in [1.165, 1.54) is 18.3 Å². The Bertz CT molecular complexity index is 1400. The zero-order chi connectivity index (χ0) is 23.4. The van der Waals surface area contributed by atoms with Crippen LogP contribution in [0.2, 0.25) is 0 Å². The molecule has 4 aromatic rings. The number of alkyl halides is 3. The molecule has 1 amide bonds. The van der Waals surface area contributed by atoms with Crippen molar-refractivity contribution in [2.75, 3.05) is 0 Å². The molecule has 0 atom stereocenters. The van der Waals surface area contributed by atoms with Crippen LogP contribution >= 0.6 is 0 Å². The van der Waals surface area contributed by atoms with E-state index in [4.69, 9.17) is 0 Å². The second kappa shape index (κ2) is 9.01. The van der Waals surface area contributed by atoms with E-state index >= 15 is 0 Å². The third-order valence-electron chi connectivity index (χ3n) is 5.12. The zero-order valence-electron chi connectivity index (χ0n) is 17.2. The fourth-order valence-corrected chi connectivity index (χ4v) is 3.52. The molecule has 0 bridgehead atoms. The molecule has 0 spiro atoms. The first-order valence-electron chi connectivity index (χ1n) is 9.93. The summed E-state index contributed by atoms with van der Waals surface area (Å²) in [5.74, 6) is -0.746. The molecule has 3 aromatic carbocycles. The minimum atomic E-state index is -4.54. The molecular formula is C25H17F3N4O. The van der Waals surface area contributed by atoms with Gasteiger partial charge >= 0.3 is 6.18 Å². The summed E-state index contributed by atoms with van der Waals surface area (Å²) in [7, 11) is 0. The van der Waals surface area contributed by atoms with Crippen molar-refractivity contribution in [2.45, 2.75) is 12.7 Å². The number of nitriles is 1. The molecule has 4 rings (SSSR count). The minimum absolute atomic E-state index is 0.141. The Morgan fingerprint density at radius 1 is 1.06 bits per heavy atom. The Balaban J connectivity index is 1.57. The van der Waals surface area contributed by atoms with E-state index in [0.29, 0.717) is 17.7 Å². The second-order valence-corrected chi connectivity index (χ2v) is 7.28. The molecule has 0 aliphatic rings. The van der Waals surface area contributed by atoms with Gasteiger partial charge in [0, 0.05) is 34.8 Å². The number of fused-ring (bicyclic) bond motifs is 1. The highest BCUT2D eigenvalue weighted by Crippen LogP contribution is 2.29. The van der Waals surface area contributed by atoms with E-state index in [-0.39, 0.29) is 5.56 Å². The third-order valence-corrected chi connectivity index (χ3v) is 5.12. The molecule has 1 aromatic heterocycles. The highest BCUT2D eigenvalue weighted by atomic mass is 19.4. The Morgan fingerprint density at radius 3 is 2.61 bits per heavy atom. The van der Waals surface area contributed by atoms with Gasteiger partial charge in [-0.3, -0.25) is 4.79 Å². The molecule has 1 N–H and O–H groups in total. The van der Waals surface area contributed by atoms with Gasteiger partial charge in [-0.1, -0.05) is 42.5 Å². The van der Waals surface area contributed by atoms with Crippen LogP contribution in [0.25, 0.3) is 10.9 Å². The van der Waals surface area contributed by atoms with Crippen LogP contribution in [0.15, 0.2) is 84.1 Å². The first kappa shape index (κ1) is 21.8. The summed E-state index contributed by atoms with van der Waals surface area (Å²) < 4.78 is 40.6. The summed E-state index contributed by atoms with van der Waals surface area (Å²) in [6.07, 6.45) is -1.25. The van der Waals surface area contributed by atoms with Crippen molar-refractivity contribution in [3.05, 3.63) is 107 Å². The van der Waals surface area contributed by atoms with Crippen molar-refractivity contribution in [1.29, 1.82) is 5.26 Å². The Labute approximate surface area is 187 Å². The van der Waals surface area contributed by atoms with E-state index in [1.54, 1.807) is 12.1 Å². The standard InChI is InChI=1S/C25H17F3N4O/c26-25(27,28)21-9-5-8-17(12-21)24(33)31-30-14-20-16-32(23-11-4-3-10-22(20)23)15-19-7-2-1-6-18(19)13-29/h1-12,14,16H,15H2,(H,31,33)/b30-14-. The highest BCUT2D eigenvalue weighted by Gasteiger charge is 2.30. The number of carbonyl (C=O) groups excluding carboxylic acids is 1. The molecule has 164 valence electrons. The summed E-state index contributed by atoms with van der Waals surface area (Å²) in [5.41, 5.74) is 4.31. The molecule has 0 aliphatic heterocycles. The Kier molecular flexibility index (Phi) is 5.96. The third kappa shape index (κ3) is 4.77. The van der Waals surface area contributed by atoms with E-state index < -0.39 is 17.6 Å². The summed E-state index contributed by atoms with van der Waals surface area (Å²) in [6.45, 7) is 0.467. The maximum atomic E-state index is 12.9. The van der Waals surface area contributed by atoms with Crippen LogP contribution in [0.3, 0.4) is 0 Å². The number of aromatic nitrogens is 1. The van der Waals surface area contributed by atoms with E-state index in [9.17, 15) is 23.2 Å². The largest absolute Gasteiger partial charge is 0.416 e. The lowest BCUT2D eigenvalue weighted by Crippen LogP contribution is -2.18. The first-order valence-corrected chi connectivity index (χ1v) is 9.93. The summed E-state index contributed by atoms with van der Waals surface area (Å²) in [5, 5.41) is 14.2. The first-order chi connectivity index (χ1) is 15.9. The van der Waals surface area contributed by atoms with Gasteiger partial charge in [0.25, 0.3) is 5.91 Å². The lowest BCUT2D eigenvalue weighted by atomic mass is 10.1. The van der Waals surface area contributed by atoms with Gasteiger partial charge in [-0.25, -0.2) is 5.43 Å². The number of hydrazone groups is 1. The smallest absolute Gasteiger partial charge is 0.342 e.